The third-order valence-electron chi connectivity index (χ3n) is 6.36. The molecule has 6 heteroatoms. The van der Waals surface area contributed by atoms with Crippen molar-refractivity contribution in [2.45, 2.75) is 25.0 Å². The molecule has 0 fully saturated rings. The van der Waals surface area contributed by atoms with Crippen molar-refractivity contribution in [3.8, 4) is 11.5 Å². The van der Waals surface area contributed by atoms with E-state index in [9.17, 15) is 9.59 Å². The molecule has 3 aromatic rings. The number of imide groups is 1. The highest BCUT2D eigenvalue weighted by Crippen LogP contribution is 2.45. The minimum atomic E-state index is -0.297. The van der Waals surface area contributed by atoms with Gasteiger partial charge in [-0.1, -0.05) is 42.5 Å². The molecule has 1 unspecified atom stereocenters. The maximum absolute atomic E-state index is 13.1. The quantitative estimate of drug-likeness (QED) is 0.594. The molecule has 2 aliphatic rings. The summed E-state index contributed by atoms with van der Waals surface area (Å²) in [5.74, 6) is 1.05. The first-order valence-electron chi connectivity index (χ1n) is 10.6. The van der Waals surface area contributed by atoms with Gasteiger partial charge in [0.05, 0.1) is 31.4 Å². The van der Waals surface area contributed by atoms with Gasteiger partial charge in [-0.3, -0.25) is 14.5 Å². The van der Waals surface area contributed by atoms with Gasteiger partial charge in [0.2, 0.25) is 0 Å². The molecule has 1 N–H and O–H groups in total. The predicted octanol–water partition coefficient (Wildman–Crippen LogP) is 4.28. The number of hydrogen-bond donors (Lipinski definition) is 1. The highest BCUT2D eigenvalue weighted by Gasteiger charge is 2.44. The number of amides is 2. The largest absolute Gasteiger partial charge is 0.497 e. The molecule has 3 aromatic carbocycles. The average molecular weight is 428 g/mol. The molecule has 5 rings (SSSR count). The van der Waals surface area contributed by atoms with E-state index in [4.69, 9.17) is 9.47 Å². The number of hydrogen-bond acceptors (Lipinski definition) is 5. The Morgan fingerprint density at radius 3 is 2.19 bits per heavy atom. The molecule has 6 nitrogen and oxygen atoms in total. The monoisotopic (exact) mass is 428 g/mol. The number of ether oxygens (including phenoxy) is 2. The lowest BCUT2D eigenvalue weighted by Gasteiger charge is -2.23. The van der Waals surface area contributed by atoms with E-state index in [0.717, 1.165) is 28.2 Å². The number of nitrogens with zero attached hydrogens (tertiary/aromatic N) is 1. The number of carbonyl (C=O) groups is 2. The van der Waals surface area contributed by atoms with Crippen molar-refractivity contribution in [1.29, 1.82) is 0 Å². The van der Waals surface area contributed by atoms with E-state index in [1.807, 2.05) is 36.4 Å². The number of methoxy groups -OCH3 is 2. The third-order valence-corrected chi connectivity index (χ3v) is 6.36. The molecule has 1 heterocycles. The van der Waals surface area contributed by atoms with Crippen LogP contribution < -0.4 is 14.8 Å². The molecule has 162 valence electrons. The molecular weight excluding hydrogens is 404 g/mol. The first kappa shape index (κ1) is 20.3. The zero-order valence-electron chi connectivity index (χ0n) is 18.0. The summed E-state index contributed by atoms with van der Waals surface area (Å²) in [5.41, 5.74) is 4.10. The first-order valence-corrected chi connectivity index (χ1v) is 10.6. The van der Waals surface area contributed by atoms with Gasteiger partial charge in [-0.25, -0.2) is 0 Å². The molecule has 0 spiro atoms. The maximum atomic E-state index is 13.1. The first-order chi connectivity index (χ1) is 15.6. The molecule has 0 saturated carbocycles. The van der Waals surface area contributed by atoms with Crippen molar-refractivity contribution in [3.05, 3.63) is 94.5 Å². The maximum Gasteiger partial charge on any atom is 0.262 e. The smallest absolute Gasteiger partial charge is 0.262 e. The van der Waals surface area contributed by atoms with Gasteiger partial charge in [0.15, 0.2) is 0 Å². The Morgan fingerprint density at radius 1 is 0.875 bits per heavy atom. The van der Waals surface area contributed by atoms with Gasteiger partial charge in [-0.2, -0.15) is 0 Å². The van der Waals surface area contributed by atoms with Crippen molar-refractivity contribution < 1.29 is 19.1 Å². The normalized spacial score (nSPS) is 19.1. The number of rotatable bonds is 6. The highest BCUT2D eigenvalue weighted by atomic mass is 16.5. The lowest BCUT2D eigenvalue weighted by Crippen LogP contribution is -2.33. The fourth-order valence-corrected chi connectivity index (χ4v) is 4.77. The zero-order valence-corrected chi connectivity index (χ0v) is 18.0. The standard InChI is InChI=1S/C26H24N2O4/c1-31-17-12-11-16(24(13-17)32-2)15-27-22-14-23(19-8-4-3-7-18(19)22)28-25(29)20-9-5-6-10-21(20)26(28)30/h3-13,22-23,27H,14-15H2,1-2H3/t22?,23-/m1/s1. The van der Waals surface area contributed by atoms with Crippen LogP contribution in [0, 0.1) is 0 Å². The molecule has 0 aromatic heterocycles. The van der Waals surface area contributed by atoms with E-state index in [-0.39, 0.29) is 23.9 Å². The summed E-state index contributed by atoms with van der Waals surface area (Å²) in [5, 5.41) is 3.60. The van der Waals surface area contributed by atoms with Gasteiger partial charge in [0.1, 0.15) is 11.5 Å². The van der Waals surface area contributed by atoms with Crippen LogP contribution in [0.5, 0.6) is 11.5 Å². The SMILES string of the molecule is COc1ccc(CNC2C[C@@H](N3C(=O)c4ccccc4C3=O)c3ccccc32)c(OC)c1. The Kier molecular flexibility index (Phi) is 5.15. The second-order valence-corrected chi connectivity index (χ2v) is 8.02. The van der Waals surface area contributed by atoms with Crippen LogP contribution in [0.4, 0.5) is 0 Å². The summed E-state index contributed by atoms with van der Waals surface area (Å²) >= 11 is 0. The van der Waals surface area contributed by atoms with Crippen LogP contribution in [-0.4, -0.2) is 30.9 Å². The van der Waals surface area contributed by atoms with E-state index in [0.29, 0.717) is 24.1 Å². The van der Waals surface area contributed by atoms with Gasteiger partial charge in [0, 0.05) is 24.2 Å². The van der Waals surface area contributed by atoms with E-state index < -0.39 is 0 Å². The Hall–Kier alpha value is -3.64. The fourth-order valence-electron chi connectivity index (χ4n) is 4.77. The topological polar surface area (TPSA) is 67.9 Å². The Morgan fingerprint density at radius 2 is 1.53 bits per heavy atom. The van der Waals surface area contributed by atoms with Crippen molar-refractivity contribution >= 4 is 11.8 Å². The van der Waals surface area contributed by atoms with Gasteiger partial charge in [-0.05, 0) is 35.7 Å². The predicted molar refractivity (Wildman–Crippen MR) is 120 cm³/mol. The van der Waals surface area contributed by atoms with Crippen molar-refractivity contribution in [2.24, 2.45) is 0 Å². The lowest BCUT2D eigenvalue weighted by molar-refractivity contribution is 0.0576. The Labute approximate surface area is 186 Å². The lowest BCUT2D eigenvalue weighted by atomic mass is 10.1. The van der Waals surface area contributed by atoms with Gasteiger partial charge < -0.3 is 14.8 Å². The second kappa shape index (κ2) is 8.13. The average Bonchev–Trinajstić information content (AvgIpc) is 3.32. The zero-order chi connectivity index (χ0) is 22.2. The van der Waals surface area contributed by atoms with E-state index in [1.165, 1.54) is 4.90 Å². The molecule has 0 bridgehead atoms. The summed E-state index contributed by atoms with van der Waals surface area (Å²) in [6.07, 6.45) is 0.628. The highest BCUT2D eigenvalue weighted by molar-refractivity contribution is 6.21. The third kappa shape index (κ3) is 3.24. The molecule has 1 aliphatic carbocycles. The Bertz CT molecular complexity index is 1170. The molecule has 0 saturated heterocycles. The Balaban J connectivity index is 1.40. The van der Waals surface area contributed by atoms with Crippen molar-refractivity contribution in [2.75, 3.05) is 14.2 Å². The van der Waals surface area contributed by atoms with Crippen LogP contribution in [0.3, 0.4) is 0 Å². The number of nitrogens with one attached hydrogen (secondary N) is 1. The van der Waals surface area contributed by atoms with Crippen LogP contribution in [0.25, 0.3) is 0 Å². The second-order valence-electron chi connectivity index (χ2n) is 8.02. The van der Waals surface area contributed by atoms with E-state index in [2.05, 4.69) is 11.4 Å². The van der Waals surface area contributed by atoms with Gasteiger partial charge in [0.25, 0.3) is 11.8 Å². The van der Waals surface area contributed by atoms with Crippen LogP contribution in [0.2, 0.25) is 0 Å². The number of fused-ring (bicyclic) bond motifs is 2. The number of benzene rings is 3. The summed E-state index contributed by atoms with van der Waals surface area (Å²) in [7, 11) is 3.27. The van der Waals surface area contributed by atoms with Crippen LogP contribution in [0.15, 0.2) is 66.7 Å². The van der Waals surface area contributed by atoms with Gasteiger partial charge >= 0.3 is 0 Å². The summed E-state index contributed by atoms with van der Waals surface area (Å²) in [6.45, 7) is 0.584. The minimum Gasteiger partial charge on any atom is -0.497 e. The van der Waals surface area contributed by atoms with Crippen molar-refractivity contribution in [1.82, 2.24) is 10.2 Å². The minimum absolute atomic E-state index is 0.00678. The molecule has 2 amide bonds. The fraction of sp³-hybridized carbons (Fsp3) is 0.231. The molecule has 1 aliphatic heterocycles. The van der Waals surface area contributed by atoms with Crippen molar-refractivity contribution in [3.63, 3.8) is 0 Å². The molecular formula is C26H24N2O4. The van der Waals surface area contributed by atoms with Crippen LogP contribution in [-0.2, 0) is 6.54 Å². The summed E-state index contributed by atoms with van der Waals surface area (Å²) < 4.78 is 10.8. The van der Waals surface area contributed by atoms with Gasteiger partial charge in [-0.15, -0.1) is 0 Å². The number of carbonyl (C=O) groups excluding carboxylic acids is 2. The molecule has 0 radical (unpaired) electrons. The summed E-state index contributed by atoms with van der Waals surface area (Å²) in [6, 6.07) is 20.5. The van der Waals surface area contributed by atoms with Crippen LogP contribution in [0.1, 0.15) is 55.9 Å². The van der Waals surface area contributed by atoms with E-state index >= 15 is 0 Å². The molecule has 2 atom stereocenters. The molecule has 32 heavy (non-hydrogen) atoms. The summed E-state index contributed by atoms with van der Waals surface area (Å²) in [4.78, 5) is 27.6. The van der Waals surface area contributed by atoms with Crippen LogP contribution >= 0.6 is 0 Å². The van der Waals surface area contributed by atoms with E-state index in [1.54, 1.807) is 38.5 Å².